The van der Waals surface area contributed by atoms with E-state index in [1.807, 2.05) is 36.2 Å². The molecule has 0 atom stereocenters. The molecule has 1 saturated heterocycles. The number of ether oxygens (including phenoxy) is 1. The van der Waals surface area contributed by atoms with Crippen LogP contribution in [0.1, 0.15) is 40.2 Å². The van der Waals surface area contributed by atoms with Crippen molar-refractivity contribution in [3.05, 3.63) is 47.2 Å². The highest BCUT2D eigenvalue weighted by Gasteiger charge is 2.30. The number of hydrogen-bond acceptors (Lipinski definition) is 5. The van der Waals surface area contributed by atoms with Gasteiger partial charge in [-0.1, -0.05) is 0 Å². The number of anilines is 2. The summed E-state index contributed by atoms with van der Waals surface area (Å²) in [4.78, 5) is 33.1. The molecule has 2 aromatic rings. The zero-order valence-electron chi connectivity index (χ0n) is 16.5. The van der Waals surface area contributed by atoms with Crippen molar-refractivity contribution < 1.29 is 14.3 Å². The standard InChI is InChI=1S/C22H24N4O3/c1-25-10-11-29-19-12-15(2-3-18(19)25)22(28)26-8-5-14(6-9-26)16-4-7-23-21-17(16)13-20(27)24-21/h2-4,7,12,14H,5-6,8-11,13H2,1H3,(H,23,24,27). The van der Waals surface area contributed by atoms with Crippen molar-refractivity contribution in [3.8, 4) is 5.75 Å². The third kappa shape index (κ3) is 3.20. The second kappa shape index (κ2) is 7.06. The van der Waals surface area contributed by atoms with E-state index in [1.54, 1.807) is 6.20 Å². The Bertz CT molecular complexity index is 982. The van der Waals surface area contributed by atoms with E-state index in [0.717, 1.165) is 36.4 Å². The van der Waals surface area contributed by atoms with Crippen LogP contribution in [0.4, 0.5) is 11.5 Å². The summed E-state index contributed by atoms with van der Waals surface area (Å²) in [5, 5.41) is 2.82. The fraction of sp³-hybridized carbons (Fsp3) is 0.409. The topological polar surface area (TPSA) is 74.8 Å². The predicted octanol–water partition coefficient (Wildman–Crippen LogP) is 2.42. The van der Waals surface area contributed by atoms with Gasteiger partial charge in [0.2, 0.25) is 5.91 Å². The first kappa shape index (κ1) is 18.0. The minimum absolute atomic E-state index is 0.00726. The molecule has 0 saturated carbocycles. The molecule has 150 valence electrons. The molecule has 2 amide bonds. The van der Waals surface area contributed by atoms with Crippen LogP contribution in [0.2, 0.25) is 0 Å². The van der Waals surface area contributed by atoms with Crippen molar-refractivity contribution in [1.82, 2.24) is 9.88 Å². The number of carbonyl (C=O) groups excluding carboxylic acids is 2. The van der Waals surface area contributed by atoms with E-state index in [4.69, 9.17) is 4.74 Å². The number of piperidine rings is 1. The van der Waals surface area contributed by atoms with Gasteiger partial charge in [0.05, 0.1) is 18.7 Å². The molecule has 0 spiro atoms. The van der Waals surface area contributed by atoms with E-state index >= 15 is 0 Å². The Labute approximate surface area is 169 Å². The number of likely N-dealkylation sites (N-methyl/N-ethyl adjacent to an activating group) is 1. The van der Waals surface area contributed by atoms with Crippen LogP contribution in [-0.2, 0) is 11.2 Å². The van der Waals surface area contributed by atoms with Crippen molar-refractivity contribution in [2.75, 3.05) is 43.5 Å². The van der Waals surface area contributed by atoms with Crippen LogP contribution < -0.4 is 15.0 Å². The zero-order chi connectivity index (χ0) is 20.0. The summed E-state index contributed by atoms with van der Waals surface area (Å²) in [6, 6.07) is 7.76. The first-order valence-corrected chi connectivity index (χ1v) is 10.1. The van der Waals surface area contributed by atoms with Crippen molar-refractivity contribution in [2.24, 2.45) is 0 Å². The van der Waals surface area contributed by atoms with Gasteiger partial charge in [-0.05, 0) is 48.6 Å². The fourth-order valence-electron chi connectivity index (χ4n) is 4.59. The van der Waals surface area contributed by atoms with Gasteiger partial charge in [0.15, 0.2) is 0 Å². The van der Waals surface area contributed by atoms with E-state index in [9.17, 15) is 9.59 Å². The highest BCUT2D eigenvalue weighted by atomic mass is 16.5. The van der Waals surface area contributed by atoms with Gasteiger partial charge in [-0.2, -0.15) is 0 Å². The highest BCUT2D eigenvalue weighted by Crippen LogP contribution is 2.36. The van der Waals surface area contributed by atoms with Crippen LogP contribution >= 0.6 is 0 Å². The van der Waals surface area contributed by atoms with Gasteiger partial charge in [0.1, 0.15) is 18.2 Å². The Balaban J connectivity index is 1.29. The molecule has 1 aromatic carbocycles. The molecule has 7 heteroatoms. The van der Waals surface area contributed by atoms with E-state index in [-0.39, 0.29) is 11.8 Å². The van der Waals surface area contributed by atoms with Crippen LogP contribution in [0.25, 0.3) is 0 Å². The van der Waals surface area contributed by atoms with E-state index in [2.05, 4.69) is 15.2 Å². The summed E-state index contributed by atoms with van der Waals surface area (Å²) >= 11 is 0. The molecular formula is C22H24N4O3. The Hall–Kier alpha value is -3.09. The second-order valence-electron chi connectivity index (χ2n) is 7.97. The molecule has 0 radical (unpaired) electrons. The molecule has 5 rings (SSSR count). The van der Waals surface area contributed by atoms with Crippen molar-refractivity contribution >= 4 is 23.3 Å². The molecule has 0 bridgehead atoms. The molecule has 7 nitrogen and oxygen atoms in total. The summed E-state index contributed by atoms with van der Waals surface area (Å²) in [6.45, 7) is 2.91. The lowest BCUT2D eigenvalue weighted by atomic mass is 9.86. The monoisotopic (exact) mass is 392 g/mol. The van der Waals surface area contributed by atoms with E-state index in [0.29, 0.717) is 43.4 Å². The third-order valence-electron chi connectivity index (χ3n) is 6.21. The molecular weight excluding hydrogens is 368 g/mol. The molecule has 3 aliphatic rings. The number of hydrogen-bond donors (Lipinski definition) is 1. The number of nitrogens with one attached hydrogen (secondary N) is 1. The zero-order valence-corrected chi connectivity index (χ0v) is 16.5. The summed E-state index contributed by atoms with van der Waals surface area (Å²) in [5.74, 6) is 1.89. The molecule has 29 heavy (non-hydrogen) atoms. The predicted molar refractivity (Wildman–Crippen MR) is 110 cm³/mol. The van der Waals surface area contributed by atoms with Gasteiger partial charge in [-0.15, -0.1) is 0 Å². The van der Waals surface area contributed by atoms with Gasteiger partial charge in [-0.3, -0.25) is 9.59 Å². The van der Waals surface area contributed by atoms with Gasteiger partial charge in [0.25, 0.3) is 5.91 Å². The molecule has 0 aliphatic carbocycles. The summed E-state index contributed by atoms with van der Waals surface area (Å²) in [6.07, 6.45) is 3.95. The number of fused-ring (bicyclic) bond motifs is 2. The Morgan fingerprint density at radius 3 is 2.86 bits per heavy atom. The SMILES string of the molecule is CN1CCOc2cc(C(=O)N3CCC(c4ccnc5c4CC(=O)N5)CC3)ccc21. The Morgan fingerprint density at radius 1 is 1.21 bits per heavy atom. The summed E-state index contributed by atoms with van der Waals surface area (Å²) in [7, 11) is 2.03. The number of likely N-dealkylation sites (tertiary alicyclic amines) is 1. The number of rotatable bonds is 2. The Kier molecular flexibility index (Phi) is 4.38. The molecule has 4 heterocycles. The fourth-order valence-corrected chi connectivity index (χ4v) is 4.59. The molecule has 3 aliphatic heterocycles. The lowest BCUT2D eigenvalue weighted by Crippen LogP contribution is -2.38. The summed E-state index contributed by atoms with van der Waals surface area (Å²) < 4.78 is 5.75. The van der Waals surface area contributed by atoms with Crippen molar-refractivity contribution in [2.45, 2.75) is 25.2 Å². The molecule has 1 fully saturated rings. The lowest BCUT2D eigenvalue weighted by molar-refractivity contribution is -0.115. The quantitative estimate of drug-likeness (QED) is 0.850. The van der Waals surface area contributed by atoms with Gasteiger partial charge >= 0.3 is 0 Å². The number of carbonyl (C=O) groups is 2. The van der Waals surface area contributed by atoms with Gasteiger partial charge in [-0.25, -0.2) is 4.98 Å². The number of benzene rings is 1. The van der Waals surface area contributed by atoms with Crippen LogP contribution in [0, 0.1) is 0 Å². The maximum absolute atomic E-state index is 13.0. The maximum Gasteiger partial charge on any atom is 0.253 e. The number of nitrogens with zero attached hydrogens (tertiary/aromatic N) is 3. The van der Waals surface area contributed by atoms with Crippen molar-refractivity contribution in [3.63, 3.8) is 0 Å². The highest BCUT2D eigenvalue weighted by molar-refractivity contribution is 5.98. The van der Waals surface area contributed by atoms with Crippen LogP contribution in [0.15, 0.2) is 30.5 Å². The molecule has 1 aromatic heterocycles. The number of pyridine rings is 1. The number of amides is 2. The smallest absolute Gasteiger partial charge is 0.253 e. The summed E-state index contributed by atoms with van der Waals surface area (Å²) in [5.41, 5.74) is 3.93. The lowest BCUT2D eigenvalue weighted by Gasteiger charge is -2.33. The minimum Gasteiger partial charge on any atom is -0.490 e. The third-order valence-corrected chi connectivity index (χ3v) is 6.21. The minimum atomic E-state index is 0.00726. The van der Waals surface area contributed by atoms with Crippen LogP contribution in [0.3, 0.4) is 0 Å². The second-order valence-corrected chi connectivity index (χ2v) is 7.97. The van der Waals surface area contributed by atoms with Crippen LogP contribution in [0.5, 0.6) is 5.75 Å². The van der Waals surface area contributed by atoms with Crippen LogP contribution in [-0.4, -0.2) is 55.0 Å². The molecule has 0 unspecified atom stereocenters. The largest absolute Gasteiger partial charge is 0.490 e. The maximum atomic E-state index is 13.0. The first-order valence-electron chi connectivity index (χ1n) is 10.1. The number of aromatic nitrogens is 1. The van der Waals surface area contributed by atoms with E-state index < -0.39 is 0 Å². The average molecular weight is 392 g/mol. The Morgan fingerprint density at radius 2 is 2.03 bits per heavy atom. The van der Waals surface area contributed by atoms with E-state index in [1.165, 1.54) is 5.56 Å². The first-order chi connectivity index (χ1) is 14.1. The normalized spacial score (nSPS) is 18.7. The van der Waals surface area contributed by atoms with Gasteiger partial charge < -0.3 is 19.9 Å². The van der Waals surface area contributed by atoms with Crippen molar-refractivity contribution in [1.29, 1.82) is 0 Å². The molecule has 1 N–H and O–H groups in total. The average Bonchev–Trinajstić information content (AvgIpc) is 3.13. The van der Waals surface area contributed by atoms with Gasteiger partial charge in [0, 0.05) is 37.5 Å².